The van der Waals surface area contributed by atoms with Gasteiger partial charge < -0.3 is 14.5 Å². The Labute approximate surface area is 152 Å². The van der Waals surface area contributed by atoms with Crippen LogP contribution in [0.3, 0.4) is 0 Å². The maximum absolute atomic E-state index is 13.0. The molecule has 2 heterocycles. The van der Waals surface area contributed by atoms with Crippen molar-refractivity contribution in [3.63, 3.8) is 0 Å². The molecule has 0 atom stereocenters. The molecule has 0 unspecified atom stereocenters. The van der Waals surface area contributed by atoms with E-state index in [0.717, 1.165) is 27.9 Å². The molecule has 0 aliphatic carbocycles. The van der Waals surface area contributed by atoms with Crippen LogP contribution in [0.4, 0.5) is 0 Å². The number of rotatable bonds is 4. The minimum atomic E-state index is -3.56. The lowest BCUT2D eigenvalue weighted by molar-refractivity contribution is 0.390. The zero-order chi connectivity index (χ0) is 18.3. The summed E-state index contributed by atoms with van der Waals surface area (Å²) >= 11 is 0. The van der Waals surface area contributed by atoms with E-state index in [1.807, 2.05) is 18.2 Å². The Morgan fingerprint density at radius 1 is 1.00 bits per heavy atom. The minimum absolute atomic E-state index is 0.277. The Balaban J connectivity index is 1.70. The summed E-state index contributed by atoms with van der Waals surface area (Å²) in [4.78, 5) is 3.68. The van der Waals surface area contributed by atoms with Crippen LogP contribution >= 0.6 is 0 Å². The standard InChI is InChI=1S/C19H20N2O4S/c1-24-13-3-6-15(7-4-13)26(22,23)21-10-9-19-17(12-21)16-11-14(25-2)5-8-18(16)20-19/h3-8,11,20H,9-10,12H2,1-2H3. The molecule has 26 heavy (non-hydrogen) atoms. The van der Waals surface area contributed by atoms with Gasteiger partial charge in [0.15, 0.2) is 0 Å². The van der Waals surface area contributed by atoms with Crippen LogP contribution in [0.5, 0.6) is 11.5 Å². The molecular formula is C19H20N2O4S. The van der Waals surface area contributed by atoms with E-state index in [-0.39, 0.29) is 4.90 Å². The van der Waals surface area contributed by atoms with Crippen LogP contribution in [-0.2, 0) is 23.0 Å². The van der Waals surface area contributed by atoms with Crippen molar-refractivity contribution in [2.45, 2.75) is 17.9 Å². The van der Waals surface area contributed by atoms with Crippen LogP contribution in [0.1, 0.15) is 11.3 Å². The number of fused-ring (bicyclic) bond motifs is 3. The topological polar surface area (TPSA) is 71.6 Å². The number of hydrogen-bond donors (Lipinski definition) is 1. The molecule has 1 aromatic heterocycles. The Morgan fingerprint density at radius 3 is 2.38 bits per heavy atom. The second-order valence-corrected chi connectivity index (χ2v) is 8.20. The van der Waals surface area contributed by atoms with Crippen molar-refractivity contribution in [1.29, 1.82) is 0 Å². The van der Waals surface area contributed by atoms with Gasteiger partial charge in [0.1, 0.15) is 11.5 Å². The molecule has 0 radical (unpaired) electrons. The molecule has 0 spiro atoms. The molecule has 0 amide bonds. The van der Waals surface area contributed by atoms with Gasteiger partial charge in [0, 0.05) is 36.1 Å². The first-order valence-electron chi connectivity index (χ1n) is 8.34. The summed E-state index contributed by atoms with van der Waals surface area (Å²) in [6.45, 7) is 0.794. The van der Waals surface area contributed by atoms with E-state index in [9.17, 15) is 8.42 Å². The number of benzene rings is 2. The van der Waals surface area contributed by atoms with Crippen molar-refractivity contribution in [2.75, 3.05) is 20.8 Å². The largest absolute Gasteiger partial charge is 0.497 e. The van der Waals surface area contributed by atoms with Crippen LogP contribution in [0.2, 0.25) is 0 Å². The van der Waals surface area contributed by atoms with Gasteiger partial charge >= 0.3 is 0 Å². The highest BCUT2D eigenvalue weighted by atomic mass is 32.2. The van der Waals surface area contributed by atoms with Gasteiger partial charge in [0.05, 0.1) is 19.1 Å². The highest BCUT2D eigenvalue weighted by molar-refractivity contribution is 7.89. The second-order valence-electron chi connectivity index (χ2n) is 6.26. The van der Waals surface area contributed by atoms with Crippen molar-refractivity contribution < 1.29 is 17.9 Å². The lowest BCUT2D eigenvalue weighted by atomic mass is 10.1. The Bertz CT molecular complexity index is 1060. The molecule has 0 saturated carbocycles. The molecular weight excluding hydrogens is 352 g/mol. The number of nitrogens with one attached hydrogen (secondary N) is 1. The lowest BCUT2D eigenvalue weighted by Crippen LogP contribution is -2.35. The molecule has 2 aromatic carbocycles. The number of sulfonamides is 1. The Kier molecular flexibility index (Phi) is 4.13. The fourth-order valence-electron chi connectivity index (χ4n) is 3.40. The SMILES string of the molecule is COc1ccc(S(=O)(=O)N2CCc3[nH]c4ccc(OC)cc4c3C2)cc1. The fraction of sp³-hybridized carbons (Fsp3) is 0.263. The highest BCUT2D eigenvalue weighted by Gasteiger charge is 2.30. The number of ether oxygens (including phenoxy) is 2. The molecule has 1 N–H and O–H groups in total. The predicted octanol–water partition coefficient (Wildman–Crippen LogP) is 2.93. The third kappa shape index (κ3) is 2.73. The smallest absolute Gasteiger partial charge is 0.243 e. The van der Waals surface area contributed by atoms with Gasteiger partial charge in [-0.1, -0.05) is 0 Å². The van der Waals surface area contributed by atoms with Gasteiger partial charge in [-0.15, -0.1) is 0 Å². The van der Waals surface area contributed by atoms with Crippen LogP contribution < -0.4 is 9.47 Å². The van der Waals surface area contributed by atoms with Crippen molar-refractivity contribution in [1.82, 2.24) is 9.29 Å². The van der Waals surface area contributed by atoms with E-state index in [1.54, 1.807) is 38.5 Å². The number of H-pyrrole nitrogens is 1. The monoisotopic (exact) mass is 372 g/mol. The van der Waals surface area contributed by atoms with Crippen molar-refractivity contribution >= 4 is 20.9 Å². The average molecular weight is 372 g/mol. The molecule has 7 heteroatoms. The summed E-state index contributed by atoms with van der Waals surface area (Å²) < 4.78 is 38.0. The van der Waals surface area contributed by atoms with Crippen molar-refractivity contribution in [3.8, 4) is 11.5 Å². The van der Waals surface area contributed by atoms with E-state index in [0.29, 0.717) is 25.3 Å². The van der Waals surface area contributed by atoms with Crippen molar-refractivity contribution in [3.05, 3.63) is 53.7 Å². The third-order valence-electron chi connectivity index (χ3n) is 4.84. The van der Waals surface area contributed by atoms with Gasteiger partial charge in [-0.05, 0) is 48.0 Å². The number of methoxy groups -OCH3 is 2. The van der Waals surface area contributed by atoms with Gasteiger partial charge in [-0.3, -0.25) is 0 Å². The predicted molar refractivity (Wildman–Crippen MR) is 99.1 cm³/mol. The maximum Gasteiger partial charge on any atom is 0.243 e. The van der Waals surface area contributed by atoms with Crippen LogP contribution in [0.15, 0.2) is 47.4 Å². The van der Waals surface area contributed by atoms with E-state index in [4.69, 9.17) is 9.47 Å². The second kappa shape index (κ2) is 6.34. The Hall–Kier alpha value is -2.51. The van der Waals surface area contributed by atoms with Gasteiger partial charge in [-0.2, -0.15) is 4.31 Å². The summed E-state index contributed by atoms with van der Waals surface area (Å²) in [6, 6.07) is 12.3. The number of hydrogen-bond acceptors (Lipinski definition) is 4. The number of aromatic nitrogens is 1. The summed E-state index contributed by atoms with van der Waals surface area (Å²) in [5, 5.41) is 1.01. The lowest BCUT2D eigenvalue weighted by Gasteiger charge is -2.26. The summed E-state index contributed by atoms with van der Waals surface area (Å²) in [5.41, 5.74) is 3.11. The molecule has 0 saturated heterocycles. The summed E-state index contributed by atoms with van der Waals surface area (Å²) in [7, 11) is -0.377. The summed E-state index contributed by atoms with van der Waals surface area (Å²) in [6.07, 6.45) is 0.654. The number of nitrogens with zero attached hydrogens (tertiary/aromatic N) is 1. The highest BCUT2D eigenvalue weighted by Crippen LogP contribution is 2.32. The minimum Gasteiger partial charge on any atom is -0.497 e. The van der Waals surface area contributed by atoms with Crippen LogP contribution in [-0.4, -0.2) is 38.5 Å². The number of aromatic amines is 1. The maximum atomic E-state index is 13.0. The zero-order valence-electron chi connectivity index (χ0n) is 14.7. The molecule has 3 aromatic rings. The Morgan fingerprint density at radius 2 is 1.69 bits per heavy atom. The fourth-order valence-corrected chi connectivity index (χ4v) is 4.81. The quantitative estimate of drug-likeness (QED) is 0.764. The first-order chi connectivity index (χ1) is 12.5. The van der Waals surface area contributed by atoms with Crippen LogP contribution in [0.25, 0.3) is 10.9 Å². The molecule has 1 aliphatic rings. The van der Waals surface area contributed by atoms with E-state index >= 15 is 0 Å². The van der Waals surface area contributed by atoms with E-state index in [1.165, 1.54) is 4.31 Å². The van der Waals surface area contributed by atoms with Gasteiger partial charge in [-0.25, -0.2) is 8.42 Å². The van der Waals surface area contributed by atoms with Gasteiger partial charge in [0.25, 0.3) is 0 Å². The van der Waals surface area contributed by atoms with Gasteiger partial charge in [0.2, 0.25) is 10.0 Å². The molecule has 0 fully saturated rings. The molecule has 0 bridgehead atoms. The van der Waals surface area contributed by atoms with E-state index < -0.39 is 10.0 Å². The molecule has 6 nitrogen and oxygen atoms in total. The first kappa shape index (κ1) is 16.9. The van der Waals surface area contributed by atoms with Crippen LogP contribution in [0, 0.1) is 0 Å². The summed E-state index contributed by atoms with van der Waals surface area (Å²) in [5.74, 6) is 1.39. The van der Waals surface area contributed by atoms with E-state index in [2.05, 4.69) is 4.98 Å². The zero-order valence-corrected chi connectivity index (χ0v) is 15.5. The first-order valence-corrected chi connectivity index (χ1v) is 9.78. The third-order valence-corrected chi connectivity index (χ3v) is 6.70. The molecule has 136 valence electrons. The van der Waals surface area contributed by atoms with Crippen molar-refractivity contribution in [2.24, 2.45) is 0 Å². The normalized spacial score (nSPS) is 15.0. The molecule has 1 aliphatic heterocycles. The average Bonchev–Trinajstić information content (AvgIpc) is 3.05. The molecule has 4 rings (SSSR count).